The van der Waals surface area contributed by atoms with Crippen LogP contribution in [0.4, 0.5) is 8.78 Å². The van der Waals surface area contributed by atoms with Gasteiger partial charge < -0.3 is 9.84 Å². The molecule has 2 rings (SSSR count). The highest BCUT2D eigenvalue weighted by atomic mass is 19.1. The first kappa shape index (κ1) is 14.5. The maximum atomic E-state index is 13.6. The van der Waals surface area contributed by atoms with E-state index in [0.29, 0.717) is 5.75 Å². The molecule has 0 amide bonds. The number of methoxy groups -OCH3 is 1. The van der Waals surface area contributed by atoms with Crippen LogP contribution < -0.4 is 4.74 Å². The van der Waals surface area contributed by atoms with E-state index >= 15 is 0 Å². The van der Waals surface area contributed by atoms with Crippen molar-refractivity contribution in [3.8, 4) is 5.75 Å². The summed E-state index contributed by atoms with van der Waals surface area (Å²) in [5.74, 6) is -0.575. The van der Waals surface area contributed by atoms with Gasteiger partial charge in [-0.2, -0.15) is 0 Å². The maximum Gasteiger partial charge on any atom is 0.129 e. The molecule has 0 aliphatic carbocycles. The zero-order valence-corrected chi connectivity index (χ0v) is 11.4. The molecule has 0 radical (unpaired) electrons. The third-order valence-corrected chi connectivity index (χ3v) is 3.17. The van der Waals surface area contributed by atoms with Crippen molar-refractivity contribution in [3.63, 3.8) is 0 Å². The molecule has 0 bridgehead atoms. The summed E-state index contributed by atoms with van der Waals surface area (Å²) in [6, 6.07) is 8.60. The number of rotatable bonds is 4. The summed E-state index contributed by atoms with van der Waals surface area (Å²) >= 11 is 0. The standard InChI is InChI=1S/C16H16F2O2/c1-10-3-6-16(20-2)11(7-10)8-15(19)13-9-12(17)4-5-14(13)18/h3-7,9,15,19H,8H2,1-2H3. The number of aryl methyl sites for hydroxylation is 1. The molecule has 1 unspecified atom stereocenters. The van der Waals surface area contributed by atoms with Gasteiger partial charge in [0.25, 0.3) is 0 Å². The lowest BCUT2D eigenvalue weighted by Gasteiger charge is -2.15. The van der Waals surface area contributed by atoms with Crippen molar-refractivity contribution in [1.82, 2.24) is 0 Å². The van der Waals surface area contributed by atoms with Crippen molar-refractivity contribution in [1.29, 1.82) is 0 Å². The molecule has 0 fully saturated rings. The summed E-state index contributed by atoms with van der Waals surface area (Å²) in [6.45, 7) is 1.91. The zero-order valence-electron chi connectivity index (χ0n) is 11.4. The van der Waals surface area contributed by atoms with E-state index in [4.69, 9.17) is 4.74 Å². The van der Waals surface area contributed by atoms with Crippen LogP contribution in [0.1, 0.15) is 22.8 Å². The van der Waals surface area contributed by atoms with E-state index < -0.39 is 17.7 Å². The Labute approximate surface area is 116 Å². The lowest BCUT2D eigenvalue weighted by molar-refractivity contribution is 0.172. The van der Waals surface area contributed by atoms with Gasteiger partial charge in [0, 0.05) is 12.0 Å². The highest BCUT2D eigenvalue weighted by Gasteiger charge is 2.16. The molecule has 4 heteroatoms. The number of hydrogen-bond acceptors (Lipinski definition) is 2. The Kier molecular flexibility index (Phi) is 4.35. The molecule has 0 aromatic heterocycles. The highest BCUT2D eigenvalue weighted by Crippen LogP contribution is 2.27. The first-order valence-electron chi connectivity index (χ1n) is 6.28. The second-order valence-electron chi connectivity index (χ2n) is 4.70. The molecule has 0 spiro atoms. The predicted octanol–water partition coefficient (Wildman–Crippen LogP) is 3.56. The van der Waals surface area contributed by atoms with Crippen molar-refractivity contribution >= 4 is 0 Å². The second-order valence-corrected chi connectivity index (χ2v) is 4.70. The minimum atomic E-state index is -1.12. The van der Waals surface area contributed by atoms with Gasteiger partial charge in [0.05, 0.1) is 13.2 Å². The summed E-state index contributed by atoms with van der Waals surface area (Å²) in [6.07, 6.45) is -0.966. The molecule has 106 valence electrons. The van der Waals surface area contributed by atoms with E-state index in [9.17, 15) is 13.9 Å². The molecule has 0 saturated heterocycles. The van der Waals surface area contributed by atoms with E-state index in [-0.39, 0.29) is 12.0 Å². The smallest absolute Gasteiger partial charge is 0.129 e. The fourth-order valence-electron chi connectivity index (χ4n) is 2.16. The van der Waals surface area contributed by atoms with E-state index in [1.165, 1.54) is 7.11 Å². The van der Waals surface area contributed by atoms with Gasteiger partial charge in [0.1, 0.15) is 17.4 Å². The molecular weight excluding hydrogens is 262 g/mol. The quantitative estimate of drug-likeness (QED) is 0.926. The SMILES string of the molecule is COc1ccc(C)cc1CC(O)c1cc(F)ccc1F. The molecular formula is C16H16F2O2. The van der Waals surface area contributed by atoms with Gasteiger partial charge in [-0.3, -0.25) is 0 Å². The van der Waals surface area contributed by atoms with E-state index in [0.717, 1.165) is 29.3 Å². The first-order chi connectivity index (χ1) is 9.51. The predicted molar refractivity (Wildman–Crippen MR) is 72.8 cm³/mol. The summed E-state index contributed by atoms with van der Waals surface area (Å²) in [5, 5.41) is 10.1. The Balaban J connectivity index is 2.29. The Morgan fingerprint density at radius 3 is 2.60 bits per heavy atom. The number of halogens is 2. The van der Waals surface area contributed by atoms with Gasteiger partial charge >= 0.3 is 0 Å². The zero-order chi connectivity index (χ0) is 14.7. The largest absolute Gasteiger partial charge is 0.496 e. The van der Waals surface area contributed by atoms with Crippen molar-refractivity contribution in [2.75, 3.05) is 7.11 Å². The average Bonchev–Trinajstić information content (AvgIpc) is 2.41. The summed E-state index contributed by atoms with van der Waals surface area (Å²) in [5.41, 5.74) is 1.71. The Hall–Kier alpha value is -1.94. The van der Waals surface area contributed by atoms with Crippen LogP contribution in [0.25, 0.3) is 0 Å². The molecule has 0 aliphatic rings. The molecule has 20 heavy (non-hydrogen) atoms. The van der Waals surface area contributed by atoms with E-state index in [2.05, 4.69) is 0 Å². The number of hydrogen-bond donors (Lipinski definition) is 1. The molecule has 0 heterocycles. The summed E-state index contributed by atoms with van der Waals surface area (Å²) in [7, 11) is 1.53. The topological polar surface area (TPSA) is 29.5 Å². The van der Waals surface area contributed by atoms with Crippen molar-refractivity contribution in [2.45, 2.75) is 19.4 Å². The molecule has 1 N–H and O–H groups in total. The Morgan fingerprint density at radius 2 is 1.90 bits per heavy atom. The van der Waals surface area contributed by atoms with E-state index in [1.807, 2.05) is 19.1 Å². The number of benzene rings is 2. The molecule has 2 aromatic rings. The molecule has 0 saturated carbocycles. The van der Waals surface area contributed by atoms with E-state index in [1.54, 1.807) is 6.07 Å². The van der Waals surface area contributed by atoms with Crippen LogP contribution in [0.5, 0.6) is 5.75 Å². The molecule has 2 nitrogen and oxygen atoms in total. The average molecular weight is 278 g/mol. The van der Waals surface area contributed by atoms with Gasteiger partial charge in [0.15, 0.2) is 0 Å². The maximum absolute atomic E-state index is 13.6. The second kappa shape index (κ2) is 6.01. The minimum Gasteiger partial charge on any atom is -0.496 e. The van der Waals surface area contributed by atoms with Crippen molar-refractivity contribution < 1.29 is 18.6 Å². The van der Waals surface area contributed by atoms with Crippen LogP contribution in [0, 0.1) is 18.6 Å². The van der Waals surface area contributed by atoms with Crippen LogP contribution in [0.3, 0.4) is 0 Å². The van der Waals surface area contributed by atoms with Crippen molar-refractivity contribution in [2.24, 2.45) is 0 Å². The monoisotopic (exact) mass is 278 g/mol. The highest BCUT2D eigenvalue weighted by molar-refractivity contribution is 5.38. The third kappa shape index (κ3) is 3.14. The number of aliphatic hydroxyl groups excluding tert-OH is 1. The summed E-state index contributed by atoms with van der Waals surface area (Å²) < 4.78 is 32.0. The fraction of sp³-hybridized carbons (Fsp3) is 0.250. The van der Waals surface area contributed by atoms with Crippen LogP contribution in [-0.4, -0.2) is 12.2 Å². The van der Waals surface area contributed by atoms with Crippen LogP contribution >= 0.6 is 0 Å². The van der Waals surface area contributed by atoms with Crippen LogP contribution in [-0.2, 0) is 6.42 Å². The van der Waals surface area contributed by atoms with Crippen LogP contribution in [0.15, 0.2) is 36.4 Å². The molecule has 0 aliphatic heterocycles. The lowest BCUT2D eigenvalue weighted by Crippen LogP contribution is -2.06. The normalized spacial score (nSPS) is 12.2. The van der Waals surface area contributed by atoms with Gasteiger partial charge in [-0.1, -0.05) is 17.7 Å². The van der Waals surface area contributed by atoms with Gasteiger partial charge in [0.2, 0.25) is 0 Å². The Bertz CT molecular complexity index is 611. The van der Waals surface area contributed by atoms with Gasteiger partial charge in [-0.05, 0) is 36.8 Å². The Morgan fingerprint density at radius 1 is 1.15 bits per heavy atom. The van der Waals surface area contributed by atoms with Crippen LogP contribution in [0.2, 0.25) is 0 Å². The number of aliphatic hydroxyl groups is 1. The fourth-order valence-corrected chi connectivity index (χ4v) is 2.16. The van der Waals surface area contributed by atoms with Gasteiger partial charge in [-0.25, -0.2) is 8.78 Å². The summed E-state index contributed by atoms with van der Waals surface area (Å²) in [4.78, 5) is 0. The lowest BCUT2D eigenvalue weighted by atomic mass is 9.99. The minimum absolute atomic E-state index is 0.0476. The van der Waals surface area contributed by atoms with Gasteiger partial charge in [-0.15, -0.1) is 0 Å². The van der Waals surface area contributed by atoms with Crippen molar-refractivity contribution in [3.05, 3.63) is 64.7 Å². The first-order valence-corrected chi connectivity index (χ1v) is 6.28. The molecule has 1 atom stereocenters. The molecule has 2 aromatic carbocycles. The number of ether oxygens (including phenoxy) is 1. The third-order valence-electron chi connectivity index (χ3n) is 3.17.